The first-order valence-electron chi connectivity index (χ1n) is 5.12. The summed E-state index contributed by atoms with van der Waals surface area (Å²) in [7, 11) is -2.97. The molecule has 1 atom stereocenters. The normalized spacial score (nSPS) is 22.4. The van der Waals surface area contributed by atoms with Crippen LogP contribution in [0.3, 0.4) is 0 Å². The van der Waals surface area contributed by atoms with Crippen molar-refractivity contribution in [3.8, 4) is 0 Å². The molecule has 1 aromatic rings. The Hall–Kier alpha value is -1.20. The molecule has 16 heavy (non-hydrogen) atoms. The Kier molecular flexibility index (Phi) is 3.07. The third kappa shape index (κ3) is 2.68. The van der Waals surface area contributed by atoms with Gasteiger partial charge in [0.15, 0.2) is 9.84 Å². The summed E-state index contributed by atoms with van der Waals surface area (Å²) in [5.41, 5.74) is 2.07. The van der Waals surface area contributed by atoms with Crippen molar-refractivity contribution >= 4 is 9.84 Å². The molecule has 1 aliphatic rings. The van der Waals surface area contributed by atoms with Gasteiger partial charge in [-0.1, -0.05) is 12.1 Å². The van der Waals surface area contributed by atoms with Gasteiger partial charge < -0.3 is 5.32 Å². The van der Waals surface area contributed by atoms with Crippen LogP contribution in [0.15, 0.2) is 29.8 Å². The van der Waals surface area contributed by atoms with E-state index in [1.807, 2.05) is 19.1 Å². The van der Waals surface area contributed by atoms with E-state index in [2.05, 4.69) is 10.3 Å². The van der Waals surface area contributed by atoms with Gasteiger partial charge in [0.05, 0.1) is 11.4 Å². The molecule has 0 saturated heterocycles. The molecule has 2 heterocycles. The van der Waals surface area contributed by atoms with Gasteiger partial charge in [0.25, 0.3) is 0 Å². The molecule has 1 aliphatic heterocycles. The predicted molar refractivity (Wildman–Crippen MR) is 62.5 cm³/mol. The zero-order valence-corrected chi connectivity index (χ0v) is 9.87. The van der Waals surface area contributed by atoms with Crippen LogP contribution in [0.5, 0.6) is 0 Å². The number of hydrogen-bond acceptors (Lipinski definition) is 4. The monoisotopic (exact) mass is 238 g/mol. The standard InChI is InChI=1S/C11H14N2O2S/c1-9-3-2-5-12-11(9)7-13-10-4-6-16(14,15)8-10/h2-6,10,13H,7-8H2,1H3. The third-order valence-electron chi connectivity index (χ3n) is 2.58. The molecule has 2 rings (SSSR count). The Morgan fingerprint density at radius 3 is 3.00 bits per heavy atom. The van der Waals surface area contributed by atoms with Crippen molar-refractivity contribution in [3.05, 3.63) is 41.1 Å². The van der Waals surface area contributed by atoms with Crippen LogP contribution in [0, 0.1) is 6.92 Å². The number of sulfone groups is 1. The van der Waals surface area contributed by atoms with E-state index >= 15 is 0 Å². The summed E-state index contributed by atoms with van der Waals surface area (Å²) in [5.74, 6) is 0.152. The van der Waals surface area contributed by atoms with Gasteiger partial charge in [0.1, 0.15) is 0 Å². The Balaban J connectivity index is 1.95. The Labute approximate surface area is 95.3 Å². The average molecular weight is 238 g/mol. The molecule has 0 aromatic carbocycles. The first kappa shape index (κ1) is 11.3. The van der Waals surface area contributed by atoms with Gasteiger partial charge >= 0.3 is 0 Å². The third-order valence-corrected chi connectivity index (χ3v) is 3.98. The summed E-state index contributed by atoms with van der Waals surface area (Å²) in [5, 5.41) is 4.44. The van der Waals surface area contributed by atoms with Crippen molar-refractivity contribution in [1.29, 1.82) is 0 Å². The van der Waals surface area contributed by atoms with E-state index in [0.717, 1.165) is 11.3 Å². The highest BCUT2D eigenvalue weighted by Crippen LogP contribution is 2.09. The van der Waals surface area contributed by atoms with Gasteiger partial charge in [0.2, 0.25) is 0 Å². The molecule has 1 aromatic heterocycles. The van der Waals surface area contributed by atoms with Crippen LogP contribution in [-0.2, 0) is 16.4 Å². The van der Waals surface area contributed by atoms with E-state index in [9.17, 15) is 8.42 Å². The lowest BCUT2D eigenvalue weighted by Gasteiger charge is -2.10. The van der Waals surface area contributed by atoms with E-state index < -0.39 is 9.84 Å². The van der Waals surface area contributed by atoms with E-state index in [1.165, 1.54) is 5.41 Å². The fraction of sp³-hybridized carbons (Fsp3) is 0.364. The fourth-order valence-electron chi connectivity index (χ4n) is 1.63. The maximum Gasteiger partial charge on any atom is 0.173 e. The molecule has 86 valence electrons. The second-order valence-electron chi connectivity index (χ2n) is 3.91. The lowest BCUT2D eigenvalue weighted by atomic mass is 10.2. The number of nitrogens with zero attached hydrogens (tertiary/aromatic N) is 1. The van der Waals surface area contributed by atoms with Crippen LogP contribution < -0.4 is 5.32 Å². The SMILES string of the molecule is Cc1cccnc1CNC1C=CS(=O)(=O)C1. The molecule has 0 fully saturated rings. The largest absolute Gasteiger partial charge is 0.304 e. The van der Waals surface area contributed by atoms with E-state index in [-0.39, 0.29) is 11.8 Å². The molecule has 1 N–H and O–H groups in total. The van der Waals surface area contributed by atoms with Crippen LogP contribution in [0.4, 0.5) is 0 Å². The van der Waals surface area contributed by atoms with Gasteiger partial charge in [-0.05, 0) is 18.6 Å². The summed E-state index contributed by atoms with van der Waals surface area (Å²) >= 11 is 0. The van der Waals surface area contributed by atoms with E-state index in [1.54, 1.807) is 12.3 Å². The maximum absolute atomic E-state index is 11.2. The number of aromatic nitrogens is 1. The molecule has 0 bridgehead atoms. The average Bonchev–Trinajstić information content (AvgIpc) is 2.57. The van der Waals surface area contributed by atoms with Crippen molar-refractivity contribution in [2.75, 3.05) is 5.75 Å². The minimum atomic E-state index is -2.97. The highest BCUT2D eigenvalue weighted by Gasteiger charge is 2.20. The summed E-state index contributed by atoms with van der Waals surface area (Å²) < 4.78 is 22.4. The lowest BCUT2D eigenvalue weighted by Crippen LogP contribution is -2.30. The lowest BCUT2D eigenvalue weighted by molar-refractivity contribution is 0.587. The second-order valence-corrected chi connectivity index (χ2v) is 5.84. The van der Waals surface area contributed by atoms with Crippen molar-refractivity contribution < 1.29 is 8.42 Å². The molecule has 0 spiro atoms. The zero-order chi connectivity index (χ0) is 11.6. The Morgan fingerprint density at radius 1 is 1.56 bits per heavy atom. The maximum atomic E-state index is 11.2. The van der Waals surface area contributed by atoms with Crippen molar-refractivity contribution in [2.45, 2.75) is 19.5 Å². The van der Waals surface area contributed by atoms with Gasteiger partial charge in [-0.3, -0.25) is 4.98 Å². The van der Waals surface area contributed by atoms with Gasteiger partial charge in [-0.15, -0.1) is 0 Å². The summed E-state index contributed by atoms with van der Waals surface area (Å²) in [6, 6.07) is 3.79. The molecule has 4 nitrogen and oxygen atoms in total. The molecule has 0 saturated carbocycles. The quantitative estimate of drug-likeness (QED) is 0.846. The van der Waals surface area contributed by atoms with E-state index in [4.69, 9.17) is 0 Å². The Bertz CT molecular complexity index is 508. The van der Waals surface area contributed by atoms with Crippen molar-refractivity contribution in [3.63, 3.8) is 0 Å². The molecular weight excluding hydrogens is 224 g/mol. The molecule has 5 heteroatoms. The number of pyridine rings is 1. The minimum absolute atomic E-state index is 0.0913. The second kappa shape index (κ2) is 4.35. The highest BCUT2D eigenvalue weighted by molar-refractivity contribution is 7.94. The topological polar surface area (TPSA) is 59.1 Å². The van der Waals surface area contributed by atoms with Gasteiger partial charge in [0, 0.05) is 24.2 Å². The van der Waals surface area contributed by atoms with Crippen LogP contribution in [-0.4, -0.2) is 25.2 Å². The van der Waals surface area contributed by atoms with Gasteiger partial charge in [-0.2, -0.15) is 0 Å². The summed E-state index contributed by atoms with van der Waals surface area (Å²) in [4.78, 5) is 4.24. The molecule has 0 radical (unpaired) electrons. The number of rotatable bonds is 3. The summed E-state index contributed by atoms with van der Waals surface area (Å²) in [6.07, 6.45) is 3.43. The highest BCUT2D eigenvalue weighted by atomic mass is 32.2. The van der Waals surface area contributed by atoms with Crippen LogP contribution >= 0.6 is 0 Å². The fourth-order valence-corrected chi connectivity index (χ4v) is 2.90. The number of aryl methyl sites for hydroxylation is 1. The van der Waals surface area contributed by atoms with Crippen LogP contribution in [0.2, 0.25) is 0 Å². The van der Waals surface area contributed by atoms with E-state index in [0.29, 0.717) is 6.54 Å². The smallest absolute Gasteiger partial charge is 0.173 e. The minimum Gasteiger partial charge on any atom is -0.304 e. The predicted octanol–water partition coefficient (Wildman–Crippen LogP) is 0.790. The van der Waals surface area contributed by atoms with Crippen LogP contribution in [0.25, 0.3) is 0 Å². The van der Waals surface area contributed by atoms with Crippen molar-refractivity contribution in [1.82, 2.24) is 10.3 Å². The first-order chi connectivity index (χ1) is 7.57. The molecule has 1 unspecified atom stereocenters. The molecular formula is C11H14N2O2S. The molecule has 0 aliphatic carbocycles. The van der Waals surface area contributed by atoms with Crippen molar-refractivity contribution in [2.24, 2.45) is 0 Å². The van der Waals surface area contributed by atoms with Gasteiger partial charge in [-0.25, -0.2) is 8.42 Å². The Morgan fingerprint density at radius 2 is 2.38 bits per heavy atom. The zero-order valence-electron chi connectivity index (χ0n) is 9.05. The number of hydrogen-bond donors (Lipinski definition) is 1. The molecule has 0 amide bonds. The van der Waals surface area contributed by atoms with Crippen LogP contribution in [0.1, 0.15) is 11.3 Å². The summed E-state index contributed by atoms with van der Waals surface area (Å²) in [6.45, 7) is 2.59. The number of nitrogens with one attached hydrogen (secondary N) is 1. The first-order valence-corrected chi connectivity index (χ1v) is 6.83.